The van der Waals surface area contributed by atoms with E-state index in [9.17, 15) is 0 Å². The minimum absolute atomic E-state index is 0.378. The molecule has 0 aliphatic carbocycles. The molecule has 1 atom stereocenters. The first-order valence-corrected chi connectivity index (χ1v) is 7.26. The quantitative estimate of drug-likeness (QED) is 0.621. The fraction of sp³-hybridized carbons (Fsp3) is 0.562. The number of hydrogen-bond donors (Lipinski definition) is 2. The van der Waals surface area contributed by atoms with Gasteiger partial charge in [-0.2, -0.15) is 0 Å². The Labute approximate surface area is 122 Å². The third-order valence-electron chi connectivity index (χ3n) is 3.31. The number of rotatable bonds is 6. The number of hydrogen-bond acceptors (Lipinski definition) is 2. The van der Waals surface area contributed by atoms with Crippen LogP contribution >= 0.6 is 0 Å². The summed E-state index contributed by atoms with van der Waals surface area (Å²) in [5.41, 5.74) is 1.13. The van der Waals surface area contributed by atoms with Crippen molar-refractivity contribution in [2.24, 2.45) is 10.9 Å². The summed E-state index contributed by atoms with van der Waals surface area (Å²) in [6.45, 7) is 9.90. The third-order valence-corrected chi connectivity index (χ3v) is 3.31. The molecule has 0 aromatic heterocycles. The van der Waals surface area contributed by atoms with Crippen LogP contribution in [0.2, 0.25) is 0 Å². The van der Waals surface area contributed by atoms with Crippen molar-refractivity contribution in [3.63, 3.8) is 0 Å². The molecule has 4 nitrogen and oxygen atoms in total. The van der Waals surface area contributed by atoms with E-state index in [1.165, 1.54) is 0 Å². The number of nitrogens with zero attached hydrogens (tertiary/aromatic N) is 1. The van der Waals surface area contributed by atoms with Crippen LogP contribution in [0, 0.1) is 5.92 Å². The predicted molar refractivity (Wildman–Crippen MR) is 85.2 cm³/mol. The molecule has 1 aromatic carbocycles. The number of para-hydroxylation sites is 1. The van der Waals surface area contributed by atoms with E-state index in [2.05, 4.69) is 42.5 Å². The molecule has 0 saturated carbocycles. The molecule has 1 unspecified atom stereocenters. The first-order chi connectivity index (χ1) is 9.58. The summed E-state index contributed by atoms with van der Waals surface area (Å²) in [6, 6.07) is 8.45. The van der Waals surface area contributed by atoms with Gasteiger partial charge in [-0.25, -0.2) is 0 Å². The van der Waals surface area contributed by atoms with Crippen molar-refractivity contribution in [2.45, 2.75) is 40.3 Å². The van der Waals surface area contributed by atoms with Crippen LogP contribution in [0.25, 0.3) is 0 Å². The van der Waals surface area contributed by atoms with Crippen LogP contribution in [0.5, 0.6) is 5.75 Å². The highest BCUT2D eigenvalue weighted by Crippen LogP contribution is 2.17. The Hall–Kier alpha value is -1.71. The molecule has 1 rings (SSSR count). The molecular formula is C16H27N3O. The molecule has 1 aromatic rings. The van der Waals surface area contributed by atoms with Gasteiger partial charge in [0.15, 0.2) is 5.96 Å². The average molecular weight is 277 g/mol. The number of guanidine groups is 1. The lowest BCUT2D eigenvalue weighted by Crippen LogP contribution is -2.43. The van der Waals surface area contributed by atoms with Crippen molar-refractivity contribution in [2.75, 3.05) is 13.7 Å². The molecule has 2 N–H and O–H groups in total. The number of aliphatic imine (C=N–C) groups is 1. The van der Waals surface area contributed by atoms with Crippen LogP contribution in [0.15, 0.2) is 29.3 Å². The van der Waals surface area contributed by atoms with Crippen molar-refractivity contribution in [1.82, 2.24) is 10.6 Å². The Kier molecular flexibility index (Phi) is 6.91. The normalized spacial score (nSPS) is 13.2. The summed E-state index contributed by atoms with van der Waals surface area (Å²) in [6.07, 6.45) is 0. The summed E-state index contributed by atoms with van der Waals surface area (Å²) in [5, 5.41) is 6.72. The standard InChI is InChI=1S/C16H27N3O/c1-6-20-15-10-8-7-9-14(15)11-18-16(17-5)19-13(4)12(2)3/h7-10,12-13H,6,11H2,1-5H3,(H2,17,18,19). The highest BCUT2D eigenvalue weighted by molar-refractivity contribution is 5.80. The van der Waals surface area contributed by atoms with E-state index in [0.717, 1.165) is 17.3 Å². The Morgan fingerprint density at radius 3 is 2.55 bits per heavy atom. The van der Waals surface area contributed by atoms with E-state index in [1.807, 2.05) is 25.1 Å². The van der Waals surface area contributed by atoms with Gasteiger partial charge in [-0.05, 0) is 25.8 Å². The Balaban J connectivity index is 2.61. The molecule has 0 fully saturated rings. The smallest absolute Gasteiger partial charge is 0.191 e. The molecule has 0 heterocycles. The Morgan fingerprint density at radius 2 is 1.95 bits per heavy atom. The van der Waals surface area contributed by atoms with E-state index in [0.29, 0.717) is 25.1 Å². The molecule has 4 heteroatoms. The molecular weight excluding hydrogens is 250 g/mol. The van der Waals surface area contributed by atoms with Crippen molar-refractivity contribution in [3.05, 3.63) is 29.8 Å². The summed E-state index contributed by atoms with van der Waals surface area (Å²) in [4.78, 5) is 4.25. The second-order valence-electron chi connectivity index (χ2n) is 5.14. The van der Waals surface area contributed by atoms with E-state index < -0.39 is 0 Å². The molecule has 0 bridgehead atoms. The van der Waals surface area contributed by atoms with Crippen LogP contribution in [-0.4, -0.2) is 25.7 Å². The second kappa shape index (κ2) is 8.46. The van der Waals surface area contributed by atoms with Gasteiger partial charge in [0.25, 0.3) is 0 Å². The summed E-state index contributed by atoms with van der Waals surface area (Å²) in [7, 11) is 1.79. The van der Waals surface area contributed by atoms with Gasteiger partial charge in [-0.1, -0.05) is 32.0 Å². The summed E-state index contributed by atoms with van der Waals surface area (Å²) >= 11 is 0. The van der Waals surface area contributed by atoms with E-state index >= 15 is 0 Å². The molecule has 0 spiro atoms. The van der Waals surface area contributed by atoms with Gasteiger partial charge in [0.05, 0.1) is 6.61 Å². The molecule has 20 heavy (non-hydrogen) atoms. The zero-order chi connectivity index (χ0) is 15.0. The maximum Gasteiger partial charge on any atom is 0.191 e. The number of benzene rings is 1. The lowest BCUT2D eigenvalue weighted by Gasteiger charge is -2.21. The monoisotopic (exact) mass is 277 g/mol. The molecule has 0 aliphatic heterocycles. The molecule has 112 valence electrons. The van der Waals surface area contributed by atoms with Crippen molar-refractivity contribution in [1.29, 1.82) is 0 Å². The fourth-order valence-corrected chi connectivity index (χ4v) is 1.70. The second-order valence-corrected chi connectivity index (χ2v) is 5.14. The van der Waals surface area contributed by atoms with E-state index in [4.69, 9.17) is 4.74 Å². The zero-order valence-corrected chi connectivity index (χ0v) is 13.2. The van der Waals surface area contributed by atoms with Crippen LogP contribution in [0.1, 0.15) is 33.3 Å². The maximum atomic E-state index is 5.62. The van der Waals surface area contributed by atoms with Gasteiger partial charge >= 0.3 is 0 Å². The van der Waals surface area contributed by atoms with Crippen LogP contribution in [0.4, 0.5) is 0 Å². The summed E-state index contributed by atoms with van der Waals surface area (Å²) in [5.74, 6) is 2.30. The number of ether oxygens (including phenoxy) is 1. The highest BCUT2D eigenvalue weighted by Gasteiger charge is 2.09. The van der Waals surface area contributed by atoms with Gasteiger partial charge in [-0.3, -0.25) is 4.99 Å². The molecule has 0 aliphatic rings. The first kappa shape index (κ1) is 16.3. The minimum atomic E-state index is 0.378. The zero-order valence-electron chi connectivity index (χ0n) is 13.2. The van der Waals surface area contributed by atoms with Gasteiger partial charge < -0.3 is 15.4 Å². The largest absolute Gasteiger partial charge is 0.494 e. The fourth-order valence-electron chi connectivity index (χ4n) is 1.70. The lowest BCUT2D eigenvalue weighted by atomic mass is 10.1. The first-order valence-electron chi connectivity index (χ1n) is 7.26. The van der Waals surface area contributed by atoms with Crippen molar-refractivity contribution < 1.29 is 4.74 Å². The molecule has 0 amide bonds. The predicted octanol–water partition coefficient (Wildman–Crippen LogP) is 2.79. The van der Waals surface area contributed by atoms with E-state index in [1.54, 1.807) is 7.05 Å². The third kappa shape index (κ3) is 5.11. The Bertz CT molecular complexity index is 429. The lowest BCUT2D eigenvalue weighted by molar-refractivity contribution is 0.336. The van der Waals surface area contributed by atoms with Gasteiger partial charge in [0.1, 0.15) is 5.75 Å². The highest BCUT2D eigenvalue weighted by atomic mass is 16.5. The number of nitrogens with one attached hydrogen (secondary N) is 2. The molecule has 0 saturated heterocycles. The maximum absolute atomic E-state index is 5.62. The van der Waals surface area contributed by atoms with Crippen molar-refractivity contribution in [3.8, 4) is 5.75 Å². The van der Waals surface area contributed by atoms with Crippen molar-refractivity contribution >= 4 is 5.96 Å². The summed E-state index contributed by atoms with van der Waals surface area (Å²) < 4.78 is 5.62. The van der Waals surface area contributed by atoms with Gasteiger partial charge in [-0.15, -0.1) is 0 Å². The Morgan fingerprint density at radius 1 is 1.25 bits per heavy atom. The van der Waals surface area contributed by atoms with Crippen LogP contribution < -0.4 is 15.4 Å². The van der Waals surface area contributed by atoms with Gasteiger partial charge in [0.2, 0.25) is 0 Å². The average Bonchev–Trinajstić information content (AvgIpc) is 2.44. The van der Waals surface area contributed by atoms with E-state index in [-0.39, 0.29) is 0 Å². The van der Waals surface area contributed by atoms with Crippen LogP contribution in [-0.2, 0) is 6.54 Å². The topological polar surface area (TPSA) is 45.6 Å². The minimum Gasteiger partial charge on any atom is -0.494 e. The SMILES string of the molecule is CCOc1ccccc1CNC(=NC)NC(C)C(C)C. The van der Waals surface area contributed by atoms with Gasteiger partial charge in [0, 0.05) is 25.2 Å². The molecule has 0 radical (unpaired) electrons. The van der Waals surface area contributed by atoms with Crippen LogP contribution in [0.3, 0.4) is 0 Å².